The van der Waals surface area contributed by atoms with Gasteiger partial charge >= 0.3 is 0 Å². The predicted molar refractivity (Wildman–Crippen MR) is 62.6 cm³/mol. The molecule has 1 aromatic heterocycles. The third-order valence-electron chi connectivity index (χ3n) is 1.98. The SMILES string of the molecule is ClC(Cl)(Cl)n1nnnc1Cc1ccccc1. The van der Waals surface area contributed by atoms with Crippen molar-refractivity contribution in [3.05, 3.63) is 41.7 Å². The van der Waals surface area contributed by atoms with Crippen molar-refractivity contribution >= 4 is 34.8 Å². The predicted octanol–water partition coefficient (Wildman–Crippen LogP) is 2.55. The zero-order chi connectivity index (χ0) is 11.6. The first-order chi connectivity index (χ1) is 7.57. The molecule has 84 valence electrons. The number of alkyl halides is 3. The zero-order valence-corrected chi connectivity index (χ0v) is 10.3. The zero-order valence-electron chi connectivity index (χ0n) is 8.02. The van der Waals surface area contributed by atoms with Crippen molar-refractivity contribution in [1.29, 1.82) is 0 Å². The lowest BCUT2D eigenvalue weighted by molar-refractivity contribution is 0.613. The molecule has 0 aliphatic carbocycles. The molecule has 2 rings (SSSR count). The van der Waals surface area contributed by atoms with Crippen LogP contribution in [0.25, 0.3) is 0 Å². The number of halogens is 3. The van der Waals surface area contributed by atoms with Gasteiger partial charge in [-0.3, -0.25) is 0 Å². The summed E-state index contributed by atoms with van der Waals surface area (Å²) < 4.78 is -0.488. The summed E-state index contributed by atoms with van der Waals surface area (Å²) in [5, 5.41) is 11.0. The Morgan fingerprint density at radius 2 is 1.81 bits per heavy atom. The summed E-state index contributed by atoms with van der Waals surface area (Å²) >= 11 is 17.2. The van der Waals surface area contributed by atoms with Gasteiger partial charge in [0.05, 0.1) is 0 Å². The first kappa shape index (κ1) is 11.6. The van der Waals surface area contributed by atoms with Gasteiger partial charge in [-0.1, -0.05) is 65.1 Å². The van der Waals surface area contributed by atoms with Crippen molar-refractivity contribution in [3.63, 3.8) is 0 Å². The maximum atomic E-state index is 5.72. The smallest absolute Gasteiger partial charge is 0.179 e. The maximum Gasteiger partial charge on any atom is 0.289 e. The van der Waals surface area contributed by atoms with Crippen LogP contribution in [0.15, 0.2) is 30.3 Å². The molecule has 0 saturated carbocycles. The molecular formula is C9H7Cl3N4. The summed E-state index contributed by atoms with van der Waals surface area (Å²) in [7, 11) is 0. The highest BCUT2D eigenvalue weighted by atomic mass is 35.6. The topological polar surface area (TPSA) is 43.6 Å². The van der Waals surface area contributed by atoms with Gasteiger partial charge in [0.15, 0.2) is 5.82 Å². The van der Waals surface area contributed by atoms with Crippen LogP contribution in [-0.2, 0) is 10.3 Å². The highest BCUT2D eigenvalue weighted by molar-refractivity contribution is 6.64. The van der Waals surface area contributed by atoms with Crippen LogP contribution in [0.1, 0.15) is 11.4 Å². The minimum absolute atomic E-state index is 0.506. The fraction of sp³-hybridized carbons (Fsp3) is 0.222. The summed E-state index contributed by atoms with van der Waals surface area (Å²) in [6.07, 6.45) is 0.516. The molecule has 1 aromatic carbocycles. The molecule has 0 spiro atoms. The molecule has 0 aliphatic rings. The van der Waals surface area contributed by atoms with Gasteiger partial charge in [-0.2, -0.15) is 4.68 Å². The number of aromatic nitrogens is 4. The molecule has 0 radical (unpaired) electrons. The molecule has 0 amide bonds. The molecule has 0 saturated heterocycles. The molecule has 0 atom stereocenters. The fourth-order valence-electron chi connectivity index (χ4n) is 1.29. The van der Waals surface area contributed by atoms with Crippen molar-refractivity contribution < 1.29 is 0 Å². The molecule has 16 heavy (non-hydrogen) atoms. The van der Waals surface area contributed by atoms with Crippen molar-refractivity contribution in [2.24, 2.45) is 0 Å². The second-order valence-electron chi connectivity index (χ2n) is 3.14. The van der Waals surface area contributed by atoms with E-state index < -0.39 is 3.92 Å². The molecule has 4 nitrogen and oxygen atoms in total. The van der Waals surface area contributed by atoms with Crippen molar-refractivity contribution in [2.45, 2.75) is 10.3 Å². The monoisotopic (exact) mass is 276 g/mol. The second kappa shape index (κ2) is 4.57. The highest BCUT2D eigenvalue weighted by Gasteiger charge is 2.27. The Bertz CT molecular complexity index is 463. The van der Waals surface area contributed by atoms with E-state index in [0.29, 0.717) is 12.2 Å². The molecule has 0 unspecified atom stereocenters. The minimum Gasteiger partial charge on any atom is -0.179 e. The Labute approximate surface area is 107 Å². The molecule has 0 N–H and O–H groups in total. The van der Waals surface area contributed by atoms with Crippen molar-refractivity contribution in [2.75, 3.05) is 0 Å². The first-order valence-electron chi connectivity index (χ1n) is 4.46. The van der Waals surface area contributed by atoms with Crippen LogP contribution in [0.5, 0.6) is 0 Å². The number of hydrogen-bond donors (Lipinski definition) is 0. The molecule has 1 heterocycles. The molecular weight excluding hydrogens is 270 g/mol. The lowest BCUT2D eigenvalue weighted by Gasteiger charge is -2.12. The Balaban J connectivity index is 2.26. The standard InChI is InChI=1S/C9H7Cl3N4/c10-9(11,12)16-8(13-14-15-16)6-7-4-2-1-3-5-7/h1-5H,6H2. The normalized spacial score (nSPS) is 11.7. The summed E-state index contributed by atoms with van der Waals surface area (Å²) in [6.45, 7) is 0. The van der Waals surface area contributed by atoms with Gasteiger partial charge in [0.25, 0.3) is 3.92 Å². The lowest BCUT2D eigenvalue weighted by atomic mass is 10.1. The van der Waals surface area contributed by atoms with E-state index in [4.69, 9.17) is 34.8 Å². The maximum absolute atomic E-state index is 5.72. The van der Waals surface area contributed by atoms with Gasteiger partial charge < -0.3 is 0 Å². The average molecular weight is 278 g/mol. The van der Waals surface area contributed by atoms with Crippen LogP contribution in [-0.4, -0.2) is 20.2 Å². The molecule has 0 fully saturated rings. The van der Waals surface area contributed by atoms with Gasteiger partial charge in [-0.15, -0.1) is 5.10 Å². The van der Waals surface area contributed by atoms with E-state index in [9.17, 15) is 0 Å². The van der Waals surface area contributed by atoms with E-state index in [0.717, 1.165) is 5.56 Å². The Kier molecular flexibility index (Phi) is 3.33. The van der Waals surface area contributed by atoms with E-state index in [1.807, 2.05) is 30.3 Å². The van der Waals surface area contributed by atoms with E-state index in [1.54, 1.807) is 0 Å². The van der Waals surface area contributed by atoms with E-state index in [2.05, 4.69) is 15.5 Å². The fourth-order valence-corrected chi connectivity index (χ4v) is 1.69. The van der Waals surface area contributed by atoms with E-state index in [-0.39, 0.29) is 0 Å². The lowest BCUT2D eigenvalue weighted by Crippen LogP contribution is -2.18. The highest BCUT2D eigenvalue weighted by Crippen LogP contribution is 2.32. The Hall–Kier alpha value is -0.840. The quantitative estimate of drug-likeness (QED) is 0.792. The summed E-state index contributed by atoms with van der Waals surface area (Å²) in [6, 6.07) is 9.70. The summed E-state index contributed by atoms with van der Waals surface area (Å²) in [5.74, 6) is 0.506. The largest absolute Gasteiger partial charge is 0.289 e. The summed E-state index contributed by atoms with van der Waals surface area (Å²) in [5.41, 5.74) is 1.05. The van der Waals surface area contributed by atoms with Crippen LogP contribution in [0.3, 0.4) is 0 Å². The molecule has 0 bridgehead atoms. The van der Waals surface area contributed by atoms with Crippen LogP contribution in [0, 0.1) is 0 Å². The second-order valence-corrected chi connectivity index (χ2v) is 5.36. The van der Waals surface area contributed by atoms with Gasteiger partial charge in [0, 0.05) is 6.42 Å². The third-order valence-corrected chi connectivity index (χ3v) is 2.46. The Morgan fingerprint density at radius 3 is 2.44 bits per heavy atom. The van der Waals surface area contributed by atoms with Gasteiger partial charge in [-0.05, 0) is 16.0 Å². The van der Waals surface area contributed by atoms with Crippen molar-refractivity contribution in [3.8, 4) is 0 Å². The average Bonchev–Trinajstić information content (AvgIpc) is 2.67. The van der Waals surface area contributed by atoms with Gasteiger partial charge in [-0.25, -0.2) is 0 Å². The number of nitrogens with zero attached hydrogens (tertiary/aromatic N) is 4. The Morgan fingerprint density at radius 1 is 1.12 bits per heavy atom. The first-order valence-corrected chi connectivity index (χ1v) is 5.59. The van der Waals surface area contributed by atoms with E-state index in [1.165, 1.54) is 4.68 Å². The summed E-state index contributed by atoms with van der Waals surface area (Å²) in [4.78, 5) is 0. The molecule has 7 heteroatoms. The number of rotatable bonds is 2. The van der Waals surface area contributed by atoms with Crippen LogP contribution in [0.4, 0.5) is 0 Å². The van der Waals surface area contributed by atoms with Crippen molar-refractivity contribution in [1.82, 2.24) is 20.2 Å². The number of benzene rings is 1. The van der Waals surface area contributed by atoms with Gasteiger partial charge in [0.1, 0.15) is 0 Å². The van der Waals surface area contributed by atoms with Crippen LogP contribution >= 0.6 is 34.8 Å². The van der Waals surface area contributed by atoms with E-state index >= 15 is 0 Å². The van der Waals surface area contributed by atoms with Crippen LogP contribution in [0.2, 0.25) is 0 Å². The third kappa shape index (κ3) is 2.64. The number of tetrazole rings is 1. The minimum atomic E-state index is -1.66. The van der Waals surface area contributed by atoms with Gasteiger partial charge in [0.2, 0.25) is 0 Å². The number of hydrogen-bond acceptors (Lipinski definition) is 3. The molecule has 2 aromatic rings. The van der Waals surface area contributed by atoms with Crippen LogP contribution < -0.4 is 0 Å². The molecule has 0 aliphatic heterocycles.